The van der Waals surface area contributed by atoms with E-state index < -0.39 is 5.97 Å². The van der Waals surface area contributed by atoms with Crippen LogP contribution in [0.25, 0.3) is 11.1 Å². The molecule has 0 unspecified atom stereocenters. The molecule has 2 heterocycles. The van der Waals surface area contributed by atoms with Crippen LogP contribution in [0.4, 0.5) is 5.00 Å². The largest absolute Gasteiger partial charge is 0.462 e. The fourth-order valence-electron chi connectivity index (χ4n) is 3.28. The van der Waals surface area contributed by atoms with Crippen molar-refractivity contribution in [2.24, 2.45) is 0 Å². The van der Waals surface area contributed by atoms with Crippen LogP contribution in [0.3, 0.4) is 0 Å². The molecule has 2 aromatic rings. The minimum Gasteiger partial charge on any atom is -0.462 e. The summed E-state index contributed by atoms with van der Waals surface area (Å²) in [7, 11) is 2.09. The van der Waals surface area contributed by atoms with Gasteiger partial charge in [-0.2, -0.15) is 0 Å². The van der Waals surface area contributed by atoms with Gasteiger partial charge in [-0.15, -0.1) is 11.3 Å². The lowest BCUT2D eigenvalue weighted by molar-refractivity contribution is -0.121. The van der Waals surface area contributed by atoms with E-state index in [9.17, 15) is 9.59 Å². The zero-order valence-corrected chi connectivity index (χ0v) is 17.4. The normalized spacial score (nSPS) is 16.5. The Morgan fingerprint density at radius 3 is 2.50 bits per heavy atom. The number of hydrogen-bond acceptors (Lipinski definition) is 6. The van der Waals surface area contributed by atoms with Crippen LogP contribution in [0.5, 0.6) is 0 Å². The number of anilines is 1. The van der Waals surface area contributed by atoms with Gasteiger partial charge >= 0.3 is 5.97 Å². The molecule has 1 fully saturated rings. The van der Waals surface area contributed by atoms with Crippen LogP contribution < -0.4 is 5.32 Å². The standard InChI is InChI=1S/C21H27N3O3S/c1-4-27-21(26)18-17(16-8-6-5-7-9-16)14-28-20(18)22-19(25)15(2)24-12-10-23(3)11-13-24/h5-9,14-15H,4,10-13H2,1-3H3,(H,22,25)/t15-/m0/s1. The lowest BCUT2D eigenvalue weighted by Crippen LogP contribution is -2.51. The number of nitrogens with one attached hydrogen (secondary N) is 1. The number of hydrogen-bond donors (Lipinski definition) is 1. The molecular formula is C21H27N3O3S. The van der Waals surface area contributed by atoms with Gasteiger partial charge in [0.25, 0.3) is 0 Å². The third-order valence-corrected chi connectivity index (χ3v) is 5.95. The third-order valence-electron chi connectivity index (χ3n) is 5.06. The fraction of sp³-hybridized carbons (Fsp3) is 0.429. The molecular weight excluding hydrogens is 374 g/mol. The van der Waals surface area contributed by atoms with Crippen LogP contribution in [0.15, 0.2) is 35.7 Å². The first-order chi connectivity index (χ1) is 13.5. The molecule has 6 nitrogen and oxygen atoms in total. The minimum absolute atomic E-state index is 0.100. The number of piperazine rings is 1. The molecule has 1 aliphatic heterocycles. The first-order valence-electron chi connectivity index (χ1n) is 9.58. The molecule has 3 rings (SSSR count). The molecule has 28 heavy (non-hydrogen) atoms. The molecule has 1 N–H and O–H groups in total. The molecule has 1 aliphatic rings. The maximum atomic E-state index is 12.9. The van der Waals surface area contributed by atoms with E-state index in [0.29, 0.717) is 10.6 Å². The van der Waals surface area contributed by atoms with Gasteiger partial charge in [-0.25, -0.2) is 4.79 Å². The molecule has 1 saturated heterocycles. The smallest absolute Gasteiger partial charge is 0.341 e. The summed E-state index contributed by atoms with van der Waals surface area (Å²) in [6, 6.07) is 9.42. The maximum Gasteiger partial charge on any atom is 0.341 e. The molecule has 7 heteroatoms. The van der Waals surface area contributed by atoms with Gasteiger partial charge in [-0.3, -0.25) is 9.69 Å². The van der Waals surface area contributed by atoms with Crippen molar-refractivity contribution in [1.82, 2.24) is 9.80 Å². The summed E-state index contributed by atoms with van der Waals surface area (Å²) in [5, 5.41) is 5.42. The van der Waals surface area contributed by atoms with Crippen molar-refractivity contribution in [1.29, 1.82) is 0 Å². The van der Waals surface area contributed by atoms with E-state index in [1.165, 1.54) is 11.3 Å². The van der Waals surface area contributed by atoms with Crippen LogP contribution in [0.1, 0.15) is 24.2 Å². The predicted molar refractivity (Wildman–Crippen MR) is 113 cm³/mol. The zero-order chi connectivity index (χ0) is 20.1. The summed E-state index contributed by atoms with van der Waals surface area (Å²) >= 11 is 1.36. The summed E-state index contributed by atoms with van der Waals surface area (Å²) in [5.74, 6) is -0.512. The van der Waals surface area contributed by atoms with E-state index in [-0.39, 0.29) is 18.6 Å². The molecule has 0 spiro atoms. The molecule has 1 atom stereocenters. The highest BCUT2D eigenvalue weighted by molar-refractivity contribution is 7.15. The maximum absolute atomic E-state index is 12.9. The Labute approximate surface area is 170 Å². The van der Waals surface area contributed by atoms with E-state index in [1.54, 1.807) is 6.92 Å². The summed E-state index contributed by atoms with van der Waals surface area (Å²) in [4.78, 5) is 29.9. The summed E-state index contributed by atoms with van der Waals surface area (Å²) in [5.41, 5.74) is 2.14. The van der Waals surface area contributed by atoms with Gasteiger partial charge < -0.3 is 15.0 Å². The minimum atomic E-state index is -0.412. The number of nitrogens with zero attached hydrogens (tertiary/aromatic N) is 2. The molecule has 0 bridgehead atoms. The van der Waals surface area contributed by atoms with E-state index >= 15 is 0 Å². The summed E-state index contributed by atoms with van der Waals surface area (Å²) < 4.78 is 5.26. The lowest BCUT2D eigenvalue weighted by atomic mass is 10.0. The van der Waals surface area contributed by atoms with Crippen LogP contribution in [0, 0.1) is 0 Å². The number of likely N-dealkylation sites (N-methyl/N-ethyl adjacent to an activating group) is 1. The van der Waals surface area contributed by atoms with Crippen LogP contribution in [-0.4, -0.2) is 67.6 Å². The van der Waals surface area contributed by atoms with E-state index in [4.69, 9.17) is 4.74 Å². The number of carbonyl (C=O) groups excluding carboxylic acids is 2. The Kier molecular flexibility index (Phi) is 6.83. The number of rotatable bonds is 6. The van der Waals surface area contributed by atoms with E-state index in [1.807, 2.05) is 42.6 Å². The van der Waals surface area contributed by atoms with Crippen LogP contribution >= 0.6 is 11.3 Å². The number of carbonyl (C=O) groups is 2. The number of amides is 1. The van der Waals surface area contributed by atoms with Gasteiger partial charge in [0.15, 0.2) is 0 Å². The van der Waals surface area contributed by atoms with E-state index in [2.05, 4.69) is 22.2 Å². The summed E-state index contributed by atoms with van der Waals surface area (Å²) in [6.45, 7) is 7.58. The number of ether oxygens (including phenoxy) is 1. The highest BCUT2D eigenvalue weighted by atomic mass is 32.1. The highest BCUT2D eigenvalue weighted by Crippen LogP contribution is 2.36. The first kappa shape index (κ1) is 20.5. The molecule has 0 aliphatic carbocycles. The quantitative estimate of drug-likeness (QED) is 0.754. The predicted octanol–water partition coefficient (Wildman–Crippen LogP) is 3.17. The average molecular weight is 402 g/mol. The molecule has 0 saturated carbocycles. The van der Waals surface area contributed by atoms with Gasteiger partial charge in [-0.1, -0.05) is 30.3 Å². The lowest BCUT2D eigenvalue weighted by Gasteiger charge is -2.35. The number of esters is 1. The van der Waals surface area contributed by atoms with Gasteiger partial charge in [-0.05, 0) is 26.5 Å². The molecule has 1 aromatic carbocycles. The van der Waals surface area contributed by atoms with Crippen LogP contribution in [0.2, 0.25) is 0 Å². The van der Waals surface area contributed by atoms with E-state index in [0.717, 1.165) is 37.3 Å². The Bertz CT molecular complexity index is 814. The Hall–Kier alpha value is -2.22. The van der Waals surface area contributed by atoms with Gasteiger partial charge in [0.2, 0.25) is 5.91 Å². The van der Waals surface area contributed by atoms with Crippen molar-refractivity contribution in [2.75, 3.05) is 45.2 Å². The molecule has 150 valence electrons. The second-order valence-corrected chi connectivity index (χ2v) is 7.82. The second-order valence-electron chi connectivity index (χ2n) is 6.94. The number of thiophene rings is 1. The van der Waals surface area contributed by atoms with Gasteiger partial charge in [0, 0.05) is 37.1 Å². The molecule has 1 amide bonds. The monoisotopic (exact) mass is 401 g/mol. The Morgan fingerprint density at radius 2 is 1.86 bits per heavy atom. The molecule has 0 radical (unpaired) electrons. The highest BCUT2D eigenvalue weighted by Gasteiger charge is 2.27. The van der Waals surface area contributed by atoms with Crippen LogP contribution in [-0.2, 0) is 9.53 Å². The average Bonchev–Trinajstić information content (AvgIpc) is 3.12. The Morgan fingerprint density at radius 1 is 1.18 bits per heavy atom. The SMILES string of the molecule is CCOC(=O)c1c(-c2ccccc2)csc1NC(=O)[C@H](C)N1CCN(C)CC1. The third kappa shape index (κ3) is 4.60. The fourth-order valence-corrected chi connectivity index (χ4v) is 4.24. The van der Waals surface area contributed by atoms with Gasteiger partial charge in [0.05, 0.1) is 12.6 Å². The van der Waals surface area contributed by atoms with Crippen molar-refractivity contribution >= 4 is 28.2 Å². The topological polar surface area (TPSA) is 61.9 Å². The number of benzene rings is 1. The van der Waals surface area contributed by atoms with Crippen molar-refractivity contribution < 1.29 is 14.3 Å². The molecule has 1 aromatic heterocycles. The Balaban J connectivity index is 1.82. The van der Waals surface area contributed by atoms with Crippen molar-refractivity contribution in [3.05, 3.63) is 41.3 Å². The van der Waals surface area contributed by atoms with Gasteiger partial charge in [0.1, 0.15) is 10.6 Å². The second kappa shape index (κ2) is 9.32. The first-order valence-corrected chi connectivity index (χ1v) is 10.5. The van der Waals surface area contributed by atoms with Crippen molar-refractivity contribution in [2.45, 2.75) is 19.9 Å². The summed E-state index contributed by atoms with van der Waals surface area (Å²) in [6.07, 6.45) is 0. The van der Waals surface area contributed by atoms with Crippen molar-refractivity contribution in [3.8, 4) is 11.1 Å². The van der Waals surface area contributed by atoms with Crippen molar-refractivity contribution in [3.63, 3.8) is 0 Å². The zero-order valence-electron chi connectivity index (χ0n) is 16.6.